The van der Waals surface area contributed by atoms with E-state index in [2.05, 4.69) is 24.0 Å². The molecule has 1 aliphatic rings. The molecule has 1 unspecified atom stereocenters. The smallest absolute Gasteiger partial charge is 0.158 e. The lowest BCUT2D eigenvalue weighted by molar-refractivity contribution is 0.263. The van der Waals surface area contributed by atoms with Gasteiger partial charge in [-0.15, -0.1) is 10.2 Å². The zero-order chi connectivity index (χ0) is 9.47. The maximum Gasteiger partial charge on any atom is 0.158 e. The minimum Gasteiger partial charge on any atom is -0.388 e. The van der Waals surface area contributed by atoms with Crippen LogP contribution in [0.15, 0.2) is 6.33 Å². The maximum absolute atomic E-state index is 8.95. The topological polar surface area (TPSA) is 50.9 Å². The van der Waals surface area contributed by atoms with Crippen molar-refractivity contribution >= 4 is 0 Å². The van der Waals surface area contributed by atoms with Crippen LogP contribution in [-0.4, -0.2) is 19.9 Å². The van der Waals surface area contributed by atoms with Crippen LogP contribution in [0.25, 0.3) is 0 Å². The molecule has 1 atom stereocenters. The van der Waals surface area contributed by atoms with E-state index in [9.17, 15) is 0 Å². The van der Waals surface area contributed by atoms with Gasteiger partial charge in [0.1, 0.15) is 12.9 Å². The number of hydrogen-bond donors (Lipinski definition) is 1. The Hall–Kier alpha value is -0.900. The number of aliphatic hydroxyl groups is 1. The van der Waals surface area contributed by atoms with E-state index >= 15 is 0 Å². The summed E-state index contributed by atoms with van der Waals surface area (Å²) in [4.78, 5) is 0. The Morgan fingerprint density at radius 3 is 2.92 bits per heavy atom. The largest absolute Gasteiger partial charge is 0.388 e. The second-order valence-corrected chi connectivity index (χ2v) is 4.45. The lowest BCUT2D eigenvalue weighted by atomic mass is 10.1. The highest BCUT2D eigenvalue weighted by atomic mass is 16.3. The van der Waals surface area contributed by atoms with Crippen LogP contribution in [0, 0.1) is 11.3 Å². The van der Waals surface area contributed by atoms with Gasteiger partial charge in [0.2, 0.25) is 0 Å². The summed E-state index contributed by atoms with van der Waals surface area (Å²) in [6, 6.07) is 0. The van der Waals surface area contributed by atoms with Crippen LogP contribution >= 0.6 is 0 Å². The third kappa shape index (κ3) is 1.58. The minimum absolute atomic E-state index is 0.0207. The molecular weight excluding hydrogens is 166 g/mol. The average Bonchev–Trinajstić information content (AvgIpc) is 2.50. The zero-order valence-corrected chi connectivity index (χ0v) is 8.06. The van der Waals surface area contributed by atoms with Crippen LogP contribution in [0.5, 0.6) is 0 Å². The van der Waals surface area contributed by atoms with Crippen molar-refractivity contribution in [2.24, 2.45) is 11.3 Å². The van der Waals surface area contributed by atoms with E-state index in [1.807, 2.05) is 4.57 Å². The first-order chi connectivity index (χ1) is 6.13. The highest BCUT2D eigenvalue weighted by molar-refractivity contribution is 4.97. The van der Waals surface area contributed by atoms with Crippen molar-refractivity contribution in [1.82, 2.24) is 14.8 Å². The van der Waals surface area contributed by atoms with E-state index in [-0.39, 0.29) is 6.61 Å². The third-order valence-corrected chi connectivity index (χ3v) is 2.97. The second kappa shape index (κ2) is 2.80. The zero-order valence-electron chi connectivity index (χ0n) is 8.06. The molecule has 2 rings (SSSR count). The molecule has 72 valence electrons. The van der Waals surface area contributed by atoms with Gasteiger partial charge in [-0.25, -0.2) is 0 Å². The Balaban J connectivity index is 2.03. The predicted octanol–water partition coefficient (Wildman–Crippen LogP) is 0.817. The van der Waals surface area contributed by atoms with Crippen LogP contribution in [0.2, 0.25) is 0 Å². The maximum atomic E-state index is 8.95. The number of nitrogens with zero attached hydrogens (tertiary/aromatic N) is 3. The summed E-state index contributed by atoms with van der Waals surface area (Å²) >= 11 is 0. The summed E-state index contributed by atoms with van der Waals surface area (Å²) in [5, 5.41) is 16.5. The van der Waals surface area contributed by atoms with Crippen LogP contribution in [0.4, 0.5) is 0 Å². The van der Waals surface area contributed by atoms with E-state index in [0.29, 0.717) is 17.2 Å². The predicted molar refractivity (Wildman–Crippen MR) is 47.8 cm³/mol. The van der Waals surface area contributed by atoms with Crippen molar-refractivity contribution in [1.29, 1.82) is 0 Å². The Morgan fingerprint density at radius 1 is 1.69 bits per heavy atom. The van der Waals surface area contributed by atoms with Crippen LogP contribution in [0.3, 0.4) is 0 Å². The van der Waals surface area contributed by atoms with Gasteiger partial charge < -0.3 is 9.67 Å². The number of rotatable bonds is 3. The van der Waals surface area contributed by atoms with Gasteiger partial charge in [0.15, 0.2) is 5.82 Å². The molecule has 1 heterocycles. The molecule has 1 aliphatic carbocycles. The molecule has 4 heteroatoms. The highest BCUT2D eigenvalue weighted by Crippen LogP contribution is 2.52. The van der Waals surface area contributed by atoms with Gasteiger partial charge in [-0.2, -0.15) is 0 Å². The SMILES string of the molecule is CC1(C)CC1Cn1cnnc1CO. The molecule has 0 aromatic carbocycles. The van der Waals surface area contributed by atoms with Crippen molar-refractivity contribution < 1.29 is 5.11 Å². The lowest BCUT2D eigenvalue weighted by Gasteiger charge is -2.05. The quantitative estimate of drug-likeness (QED) is 0.751. The molecule has 0 amide bonds. The average molecular weight is 181 g/mol. The van der Waals surface area contributed by atoms with Crippen molar-refractivity contribution in [2.45, 2.75) is 33.4 Å². The van der Waals surface area contributed by atoms with Crippen molar-refractivity contribution in [3.63, 3.8) is 0 Å². The van der Waals surface area contributed by atoms with Gasteiger partial charge in [-0.05, 0) is 17.8 Å². The molecule has 0 radical (unpaired) electrons. The van der Waals surface area contributed by atoms with E-state index < -0.39 is 0 Å². The van der Waals surface area contributed by atoms with Gasteiger partial charge in [-0.3, -0.25) is 0 Å². The van der Waals surface area contributed by atoms with E-state index in [1.165, 1.54) is 6.42 Å². The fourth-order valence-corrected chi connectivity index (χ4v) is 1.68. The molecule has 0 aliphatic heterocycles. The van der Waals surface area contributed by atoms with Crippen molar-refractivity contribution in [3.05, 3.63) is 12.2 Å². The van der Waals surface area contributed by atoms with E-state index in [1.54, 1.807) is 6.33 Å². The standard InChI is InChI=1S/C9H15N3O/c1-9(2)3-7(9)4-12-6-10-11-8(12)5-13/h6-7,13H,3-5H2,1-2H3. The molecule has 1 N–H and O–H groups in total. The molecular formula is C9H15N3O. The first kappa shape index (κ1) is 8.69. The van der Waals surface area contributed by atoms with Gasteiger partial charge in [-0.1, -0.05) is 13.8 Å². The molecule has 0 saturated heterocycles. The Kier molecular flexibility index (Phi) is 1.87. The van der Waals surface area contributed by atoms with Gasteiger partial charge in [0.25, 0.3) is 0 Å². The molecule has 4 nitrogen and oxygen atoms in total. The van der Waals surface area contributed by atoms with Crippen molar-refractivity contribution in [2.75, 3.05) is 0 Å². The van der Waals surface area contributed by atoms with Crippen molar-refractivity contribution in [3.8, 4) is 0 Å². The summed E-state index contributed by atoms with van der Waals surface area (Å²) in [7, 11) is 0. The normalized spacial score (nSPS) is 24.7. The Bertz CT molecular complexity index is 306. The molecule has 1 saturated carbocycles. The second-order valence-electron chi connectivity index (χ2n) is 4.45. The number of aliphatic hydroxyl groups excluding tert-OH is 1. The number of hydrogen-bond acceptors (Lipinski definition) is 3. The summed E-state index contributed by atoms with van der Waals surface area (Å²) in [5.41, 5.74) is 0.469. The fraction of sp³-hybridized carbons (Fsp3) is 0.778. The van der Waals surface area contributed by atoms with Gasteiger partial charge in [0, 0.05) is 6.54 Å². The lowest BCUT2D eigenvalue weighted by Crippen LogP contribution is -2.06. The molecule has 0 spiro atoms. The fourth-order valence-electron chi connectivity index (χ4n) is 1.68. The van der Waals surface area contributed by atoms with Crippen LogP contribution in [0.1, 0.15) is 26.1 Å². The monoisotopic (exact) mass is 181 g/mol. The first-order valence-electron chi connectivity index (χ1n) is 4.61. The molecule has 1 fully saturated rings. The van der Waals surface area contributed by atoms with E-state index in [4.69, 9.17) is 5.11 Å². The van der Waals surface area contributed by atoms with E-state index in [0.717, 1.165) is 6.54 Å². The van der Waals surface area contributed by atoms with Gasteiger partial charge >= 0.3 is 0 Å². The number of aromatic nitrogens is 3. The summed E-state index contributed by atoms with van der Waals surface area (Å²) < 4.78 is 1.94. The molecule has 0 bridgehead atoms. The molecule has 13 heavy (non-hydrogen) atoms. The summed E-state index contributed by atoms with van der Waals surface area (Å²) in [6.07, 6.45) is 2.95. The van der Waals surface area contributed by atoms with Crippen LogP contribution in [-0.2, 0) is 13.2 Å². The minimum atomic E-state index is -0.0207. The van der Waals surface area contributed by atoms with Crippen LogP contribution < -0.4 is 0 Å². The Morgan fingerprint density at radius 2 is 2.38 bits per heavy atom. The summed E-state index contributed by atoms with van der Waals surface area (Å²) in [6.45, 7) is 5.45. The highest BCUT2D eigenvalue weighted by Gasteiger charge is 2.45. The Labute approximate surface area is 77.6 Å². The summed E-state index contributed by atoms with van der Waals surface area (Å²) in [5.74, 6) is 1.39. The molecule has 1 aromatic rings. The van der Waals surface area contributed by atoms with Gasteiger partial charge in [0.05, 0.1) is 0 Å². The third-order valence-electron chi connectivity index (χ3n) is 2.97. The molecule has 1 aromatic heterocycles. The first-order valence-corrected chi connectivity index (χ1v) is 4.61.